The molecule has 0 aromatic carbocycles. The van der Waals surface area contributed by atoms with Gasteiger partial charge in [-0.2, -0.15) is 0 Å². The van der Waals surface area contributed by atoms with Gasteiger partial charge in [0.15, 0.2) is 0 Å². The van der Waals surface area contributed by atoms with Gasteiger partial charge in [0, 0.05) is 13.7 Å². The van der Waals surface area contributed by atoms with Crippen molar-refractivity contribution in [1.29, 1.82) is 0 Å². The molecule has 0 aliphatic carbocycles. The van der Waals surface area contributed by atoms with Crippen LogP contribution in [0, 0.1) is 0 Å². The summed E-state index contributed by atoms with van der Waals surface area (Å²) < 4.78 is 5.14. The standard InChI is InChI=1S/C9H15N3O3S/c1-12(6-2-3-15-5-6)9(14)8(13)11-4-7(10)16/h6H,2-5H2,1H3,(H2,10,16)(H,11,13). The monoisotopic (exact) mass is 245 g/mol. The summed E-state index contributed by atoms with van der Waals surface area (Å²) in [6.45, 7) is 1.14. The van der Waals surface area contributed by atoms with Gasteiger partial charge in [0.25, 0.3) is 0 Å². The van der Waals surface area contributed by atoms with E-state index in [1.165, 1.54) is 4.90 Å². The molecule has 0 aromatic rings. The molecule has 1 unspecified atom stereocenters. The van der Waals surface area contributed by atoms with Gasteiger partial charge in [0.1, 0.15) is 0 Å². The number of nitrogens with two attached hydrogens (primary N) is 1. The van der Waals surface area contributed by atoms with Gasteiger partial charge in [-0.05, 0) is 6.42 Å². The van der Waals surface area contributed by atoms with Gasteiger partial charge < -0.3 is 20.7 Å². The van der Waals surface area contributed by atoms with Crippen molar-refractivity contribution in [1.82, 2.24) is 10.2 Å². The van der Waals surface area contributed by atoms with Gasteiger partial charge in [0.05, 0.1) is 24.2 Å². The quantitative estimate of drug-likeness (QED) is 0.474. The number of carbonyl (C=O) groups is 2. The lowest BCUT2D eigenvalue weighted by atomic mass is 10.2. The Kier molecular flexibility index (Phi) is 4.63. The first kappa shape index (κ1) is 12.9. The van der Waals surface area contributed by atoms with Crippen LogP contribution in [0.4, 0.5) is 0 Å². The van der Waals surface area contributed by atoms with Crippen LogP contribution in [0.3, 0.4) is 0 Å². The van der Waals surface area contributed by atoms with E-state index in [0.29, 0.717) is 13.2 Å². The topological polar surface area (TPSA) is 84.7 Å². The Morgan fingerprint density at radius 1 is 1.62 bits per heavy atom. The predicted octanol–water partition coefficient (Wildman–Crippen LogP) is -1.36. The molecule has 0 radical (unpaired) electrons. The maximum Gasteiger partial charge on any atom is 0.311 e. The van der Waals surface area contributed by atoms with Gasteiger partial charge in [-0.15, -0.1) is 0 Å². The number of nitrogens with zero attached hydrogens (tertiary/aromatic N) is 1. The fraction of sp³-hybridized carbons (Fsp3) is 0.667. The fourth-order valence-corrected chi connectivity index (χ4v) is 1.47. The van der Waals surface area contributed by atoms with E-state index in [0.717, 1.165) is 6.42 Å². The van der Waals surface area contributed by atoms with E-state index in [2.05, 4.69) is 17.5 Å². The highest BCUT2D eigenvalue weighted by molar-refractivity contribution is 7.80. The van der Waals surface area contributed by atoms with Gasteiger partial charge in [0.2, 0.25) is 0 Å². The summed E-state index contributed by atoms with van der Waals surface area (Å²) in [6, 6.07) is -0.0249. The molecule has 1 rings (SSSR count). The molecule has 1 fully saturated rings. The van der Waals surface area contributed by atoms with Crippen LogP contribution in [0.5, 0.6) is 0 Å². The Hall–Kier alpha value is -1.21. The fourth-order valence-electron chi connectivity index (χ4n) is 1.40. The van der Waals surface area contributed by atoms with Crippen LogP contribution >= 0.6 is 12.2 Å². The van der Waals surface area contributed by atoms with E-state index in [1.807, 2.05) is 0 Å². The molecule has 6 nitrogen and oxygen atoms in total. The normalized spacial score (nSPS) is 19.2. The molecule has 0 spiro atoms. The highest BCUT2D eigenvalue weighted by Crippen LogP contribution is 2.10. The Balaban J connectivity index is 2.42. The van der Waals surface area contributed by atoms with Gasteiger partial charge in [-0.1, -0.05) is 12.2 Å². The average molecular weight is 245 g/mol. The summed E-state index contributed by atoms with van der Waals surface area (Å²) in [6.07, 6.45) is 0.755. The Morgan fingerprint density at radius 2 is 2.31 bits per heavy atom. The van der Waals surface area contributed by atoms with Gasteiger partial charge >= 0.3 is 11.8 Å². The van der Waals surface area contributed by atoms with Crippen LogP contribution in [0.25, 0.3) is 0 Å². The summed E-state index contributed by atoms with van der Waals surface area (Å²) in [4.78, 5) is 24.5. The molecule has 1 aliphatic heterocycles. The van der Waals surface area contributed by atoms with Crippen molar-refractivity contribution in [3.8, 4) is 0 Å². The number of hydrogen-bond acceptors (Lipinski definition) is 4. The minimum atomic E-state index is -0.692. The molecule has 1 atom stereocenters. The molecule has 2 amide bonds. The maximum absolute atomic E-state index is 11.6. The highest BCUT2D eigenvalue weighted by Gasteiger charge is 2.27. The molecule has 1 saturated heterocycles. The molecule has 0 aromatic heterocycles. The zero-order chi connectivity index (χ0) is 12.1. The van der Waals surface area contributed by atoms with E-state index in [4.69, 9.17) is 10.5 Å². The number of carbonyl (C=O) groups excluding carboxylic acids is 2. The first-order chi connectivity index (χ1) is 7.52. The van der Waals surface area contributed by atoms with E-state index < -0.39 is 11.8 Å². The number of amides is 2. The lowest BCUT2D eigenvalue weighted by Gasteiger charge is -2.22. The zero-order valence-electron chi connectivity index (χ0n) is 9.06. The van der Waals surface area contributed by atoms with Gasteiger partial charge in [-0.3, -0.25) is 9.59 Å². The van der Waals surface area contributed by atoms with Crippen molar-refractivity contribution in [2.24, 2.45) is 5.73 Å². The summed E-state index contributed by atoms with van der Waals surface area (Å²) in [5, 5.41) is 2.35. The second kappa shape index (κ2) is 5.76. The lowest BCUT2D eigenvalue weighted by molar-refractivity contribution is -0.146. The Morgan fingerprint density at radius 3 is 2.81 bits per heavy atom. The first-order valence-corrected chi connectivity index (χ1v) is 5.34. The van der Waals surface area contributed by atoms with Crippen LogP contribution in [-0.2, 0) is 14.3 Å². The smallest absolute Gasteiger partial charge is 0.311 e. The third kappa shape index (κ3) is 3.42. The number of hydrogen-bond donors (Lipinski definition) is 2. The van der Waals surface area contributed by atoms with E-state index in [-0.39, 0.29) is 17.6 Å². The number of thiocarbonyl (C=S) groups is 1. The lowest BCUT2D eigenvalue weighted by Crippen LogP contribution is -2.47. The molecular weight excluding hydrogens is 230 g/mol. The molecule has 1 aliphatic rings. The van der Waals surface area contributed by atoms with E-state index in [1.54, 1.807) is 7.05 Å². The number of likely N-dealkylation sites (N-methyl/N-ethyl adjacent to an activating group) is 1. The first-order valence-electron chi connectivity index (χ1n) is 4.93. The molecule has 16 heavy (non-hydrogen) atoms. The molecule has 0 saturated carbocycles. The average Bonchev–Trinajstić information content (AvgIpc) is 2.77. The van der Waals surface area contributed by atoms with Gasteiger partial charge in [-0.25, -0.2) is 0 Å². The predicted molar refractivity (Wildman–Crippen MR) is 61.8 cm³/mol. The van der Waals surface area contributed by atoms with Crippen molar-refractivity contribution in [2.75, 3.05) is 26.8 Å². The third-order valence-corrected chi connectivity index (χ3v) is 2.54. The van der Waals surface area contributed by atoms with Crippen LogP contribution in [-0.4, -0.2) is 54.6 Å². The minimum Gasteiger partial charge on any atom is -0.392 e. The molecule has 3 N–H and O–H groups in total. The summed E-state index contributed by atoms with van der Waals surface area (Å²) >= 11 is 4.59. The molecule has 7 heteroatoms. The summed E-state index contributed by atoms with van der Waals surface area (Å²) in [5.74, 6) is -1.28. The van der Waals surface area contributed by atoms with E-state index in [9.17, 15) is 9.59 Å². The van der Waals surface area contributed by atoms with Crippen molar-refractivity contribution in [2.45, 2.75) is 12.5 Å². The van der Waals surface area contributed by atoms with Crippen molar-refractivity contribution >= 4 is 29.0 Å². The van der Waals surface area contributed by atoms with Crippen molar-refractivity contribution in [3.05, 3.63) is 0 Å². The molecule has 0 bridgehead atoms. The number of nitrogens with one attached hydrogen (secondary N) is 1. The Labute approximate surface area is 99.1 Å². The molecule has 90 valence electrons. The van der Waals surface area contributed by atoms with Crippen molar-refractivity contribution < 1.29 is 14.3 Å². The van der Waals surface area contributed by atoms with Crippen molar-refractivity contribution in [3.63, 3.8) is 0 Å². The zero-order valence-corrected chi connectivity index (χ0v) is 9.88. The third-order valence-electron chi connectivity index (χ3n) is 2.39. The number of rotatable bonds is 3. The summed E-state index contributed by atoms with van der Waals surface area (Å²) in [7, 11) is 1.59. The van der Waals surface area contributed by atoms with Crippen LogP contribution in [0.15, 0.2) is 0 Å². The Bertz CT molecular complexity index is 302. The highest BCUT2D eigenvalue weighted by atomic mass is 32.1. The van der Waals surface area contributed by atoms with Crippen LogP contribution in [0.1, 0.15) is 6.42 Å². The second-order valence-electron chi connectivity index (χ2n) is 3.58. The van der Waals surface area contributed by atoms with E-state index >= 15 is 0 Å². The maximum atomic E-state index is 11.6. The SMILES string of the molecule is CN(C(=O)C(=O)NCC(N)=S)C1CCOC1. The molecular formula is C9H15N3O3S. The van der Waals surface area contributed by atoms with Crippen LogP contribution < -0.4 is 11.1 Å². The van der Waals surface area contributed by atoms with Crippen LogP contribution in [0.2, 0.25) is 0 Å². The largest absolute Gasteiger partial charge is 0.392 e. The second-order valence-corrected chi connectivity index (χ2v) is 4.11. The summed E-state index contributed by atoms with van der Waals surface area (Å²) in [5.41, 5.74) is 5.21. The molecule has 1 heterocycles. The minimum absolute atomic E-state index is 0.0249. The number of ether oxygens (including phenoxy) is 1.